The van der Waals surface area contributed by atoms with Crippen molar-refractivity contribution >= 4 is 11.8 Å². The number of fused-ring (bicyclic) bond motifs is 1. The molecule has 5 heteroatoms. The summed E-state index contributed by atoms with van der Waals surface area (Å²) in [7, 11) is 0. The Hall–Kier alpha value is -1.88. The van der Waals surface area contributed by atoms with Gasteiger partial charge < -0.3 is 9.80 Å². The molecule has 1 aromatic carbocycles. The predicted molar refractivity (Wildman–Crippen MR) is 105 cm³/mol. The van der Waals surface area contributed by atoms with E-state index in [4.69, 9.17) is 0 Å². The smallest absolute Gasteiger partial charge is 0.253 e. The van der Waals surface area contributed by atoms with Crippen LogP contribution >= 0.6 is 0 Å². The molecule has 5 nitrogen and oxygen atoms in total. The van der Waals surface area contributed by atoms with Gasteiger partial charge in [0.2, 0.25) is 5.91 Å². The molecule has 2 atom stereocenters. The van der Waals surface area contributed by atoms with Gasteiger partial charge in [-0.25, -0.2) is 0 Å². The van der Waals surface area contributed by atoms with E-state index in [2.05, 4.69) is 9.80 Å². The van der Waals surface area contributed by atoms with Gasteiger partial charge >= 0.3 is 0 Å². The topological polar surface area (TPSA) is 43.9 Å². The molecule has 2 heterocycles. The van der Waals surface area contributed by atoms with Crippen molar-refractivity contribution in [1.29, 1.82) is 0 Å². The number of benzene rings is 1. The Labute approximate surface area is 162 Å². The van der Waals surface area contributed by atoms with Crippen LogP contribution in [0.5, 0.6) is 0 Å². The van der Waals surface area contributed by atoms with Crippen LogP contribution in [0.4, 0.5) is 0 Å². The molecule has 0 N–H and O–H groups in total. The number of piperidine rings is 1. The summed E-state index contributed by atoms with van der Waals surface area (Å²) in [5, 5.41) is 0. The number of rotatable bonds is 3. The highest BCUT2D eigenvalue weighted by Gasteiger charge is 2.33. The van der Waals surface area contributed by atoms with E-state index in [0.717, 1.165) is 43.6 Å². The maximum Gasteiger partial charge on any atom is 0.253 e. The SMILES string of the molecule is O=C(CN1CCN(C(=O)c2ccccc2)CC1)N1CC[C@@H]2CCCC[C@@H]2C1. The first-order valence-electron chi connectivity index (χ1n) is 10.5. The fraction of sp³-hybridized carbons (Fsp3) is 0.636. The summed E-state index contributed by atoms with van der Waals surface area (Å²) in [6, 6.07) is 9.46. The number of hydrogen-bond donors (Lipinski definition) is 0. The van der Waals surface area contributed by atoms with Crippen molar-refractivity contribution in [1.82, 2.24) is 14.7 Å². The molecule has 1 aliphatic carbocycles. The third-order valence-electron chi connectivity index (χ3n) is 6.68. The molecule has 0 aromatic heterocycles. The predicted octanol–water partition coefficient (Wildman–Crippen LogP) is 2.48. The second-order valence-corrected chi connectivity index (χ2v) is 8.37. The first kappa shape index (κ1) is 18.5. The fourth-order valence-corrected chi connectivity index (χ4v) is 4.99. The van der Waals surface area contributed by atoms with Crippen LogP contribution in [0.1, 0.15) is 42.5 Å². The number of nitrogens with zero attached hydrogens (tertiary/aromatic N) is 3. The first-order valence-corrected chi connectivity index (χ1v) is 10.5. The van der Waals surface area contributed by atoms with Gasteiger partial charge in [0.1, 0.15) is 0 Å². The van der Waals surface area contributed by atoms with E-state index >= 15 is 0 Å². The number of amides is 2. The van der Waals surface area contributed by atoms with E-state index in [9.17, 15) is 9.59 Å². The van der Waals surface area contributed by atoms with Crippen LogP contribution in [0.25, 0.3) is 0 Å². The van der Waals surface area contributed by atoms with Crippen LogP contribution < -0.4 is 0 Å². The van der Waals surface area contributed by atoms with Gasteiger partial charge in [0.25, 0.3) is 5.91 Å². The van der Waals surface area contributed by atoms with Gasteiger partial charge in [0.05, 0.1) is 6.54 Å². The van der Waals surface area contributed by atoms with Gasteiger partial charge in [-0.05, 0) is 36.8 Å². The minimum Gasteiger partial charge on any atom is -0.341 e. The van der Waals surface area contributed by atoms with Crippen LogP contribution in [-0.4, -0.2) is 72.3 Å². The second-order valence-electron chi connectivity index (χ2n) is 8.37. The molecule has 27 heavy (non-hydrogen) atoms. The van der Waals surface area contributed by atoms with E-state index < -0.39 is 0 Å². The maximum absolute atomic E-state index is 12.8. The minimum absolute atomic E-state index is 0.0981. The van der Waals surface area contributed by atoms with Crippen molar-refractivity contribution in [3.8, 4) is 0 Å². The number of carbonyl (C=O) groups excluding carboxylic acids is 2. The summed E-state index contributed by atoms with van der Waals surface area (Å²) < 4.78 is 0. The summed E-state index contributed by atoms with van der Waals surface area (Å²) in [5.74, 6) is 1.97. The molecular weight excluding hydrogens is 338 g/mol. The molecule has 0 radical (unpaired) electrons. The molecule has 3 aliphatic rings. The van der Waals surface area contributed by atoms with Crippen molar-refractivity contribution in [2.45, 2.75) is 32.1 Å². The van der Waals surface area contributed by atoms with E-state index in [0.29, 0.717) is 19.6 Å². The highest BCUT2D eigenvalue weighted by atomic mass is 16.2. The van der Waals surface area contributed by atoms with Gasteiger partial charge in [-0.2, -0.15) is 0 Å². The number of hydrogen-bond acceptors (Lipinski definition) is 3. The Morgan fingerprint density at radius 2 is 1.52 bits per heavy atom. The van der Waals surface area contributed by atoms with E-state index in [1.54, 1.807) is 0 Å². The molecule has 0 unspecified atom stereocenters. The van der Waals surface area contributed by atoms with Crippen molar-refractivity contribution in [3.05, 3.63) is 35.9 Å². The standard InChI is InChI=1S/C22H31N3O2/c26-21(25-11-10-18-6-4-5-9-20(18)16-25)17-23-12-14-24(15-13-23)22(27)19-7-2-1-3-8-19/h1-3,7-8,18,20H,4-6,9-17H2/t18-,20+/m0/s1. The zero-order valence-electron chi connectivity index (χ0n) is 16.2. The number of piperazine rings is 1. The van der Waals surface area contributed by atoms with Crippen molar-refractivity contribution in [3.63, 3.8) is 0 Å². The van der Waals surface area contributed by atoms with Crippen molar-refractivity contribution in [2.75, 3.05) is 45.8 Å². The molecule has 2 aliphatic heterocycles. The Bertz CT molecular complexity index is 655. The van der Waals surface area contributed by atoms with Crippen molar-refractivity contribution in [2.24, 2.45) is 11.8 Å². The second kappa shape index (κ2) is 8.42. The maximum atomic E-state index is 12.8. The summed E-state index contributed by atoms with van der Waals surface area (Å²) in [6.45, 7) is 5.37. The molecule has 146 valence electrons. The number of likely N-dealkylation sites (tertiary alicyclic amines) is 1. The Kier molecular flexibility index (Phi) is 5.77. The van der Waals surface area contributed by atoms with E-state index in [1.165, 1.54) is 32.1 Å². The van der Waals surface area contributed by atoms with Crippen molar-refractivity contribution < 1.29 is 9.59 Å². The van der Waals surface area contributed by atoms with Gasteiger partial charge in [0.15, 0.2) is 0 Å². The third-order valence-corrected chi connectivity index (χ3v) is 6.68. The third kappa shape index (κ3) is 4.34. The van der Waals surface area contributed by atoms with E-state index in [1.807, 2.05) is 35.2 Å². The molecule has 0 bridgehead atoms. The lowest BCUT2D eigenvalue weighted by Gasteiger charge is -2.42. The lowest BCUT2D eigenvalue weighted by atomic mass is 9.75. The molecule has 2 amide bonds. The molecule has 3 fully saturated rings. The Balaban J connectivity index is 1.24. The lowest BCUT2D eigenvalue weighted by molar-refractivity contribution is -0.135. The largest absolute Gasteiger partial charge is 0.341 e. The van der Waals surface area contributed by atoms with Gasteiger partial charge in [-0.3, -0.25) is 14.5 Å². The van der Waals surface area contributed by atoms with Crippen LogP contribution in [-0.2, 0) is 4.79 Å². The van der Waals surface area contributed by atoms with Gasteiger partial charge in [-0.1, -0.05) is 37.5 Å². The average molecular weight is 370 g/mol. The van der Waals surface area contributed by atoms with Crippen LogP contribution in [0, 0.1) is 11.8 Å². The van der Waals surface area contributed by atoms with Gasteiger partial charge in [0, 0.05) is 44.8 Å². The summed E-state index contributed by atoms with van der Waals surface area (Å²) in [5.41, 5.74) is 0.748. The monoisotopic (exact) mass is 369 g/mol. The fourth-order valence-electron chi connectivity index (χ4n) is 4.99. The Morgan fingerprint density at radius 3 is 2.26 bits per heavy atom. The summed E-state index contributed by atoms with van der Waals surface area (Å²) in [4.78, 5) is 31.5. The number of carbonyl (C=O) groups is 2. The molecule has 1 aromatic rings. The van der Waals surface area contributed by atoms with Crippen LogP contribution in [0.2, 0.25) is 0 Å². The minimum atomic E-state index is 0.0981. The average Bonchev–Trinajstić information content (AvgIpc) is 2.74. The molecule has 2 saturated heterocycles. The lowest BCUT2D eigenvalue weighted by Crippen LogP contribution is -2.53. The quantitative estimate of drug-likeness (QED) is 0.822. The van der Waals surface area contributed by atoms with E-state index in [-0.39, 0.29) is 11.8 Å². The highest BCUT2D eigenvalue weighted by molar-refractivity contribution is 5.94. The highest BCUT2D eigenvalue weighted by Crippen LogP contribution is 2.36. The Morgan fingerprint density at radius 1 is 0.815 bits per heavy atom. The zero-order valence-corrected chi connectivity index (χ0v) is 16.2. The normalized spacial score (nSPS) is 26.5. The summed E-state index contributed by atoms with van der Waals surface area (Å²) >= 11 is 0. The summed E-state index contributed by atoms with van der Waals surface area (Å²) in [6.07, 6.45) is 6.57. The molecule has 4 rings (SSSR count). The van der Waals surface area contributed by atoms with Crippen LogP contribution in [0.3, 0.4) is 0 Å². The zero-order chi connectivity index (χ0) is 18.6. The van der Waals surface area contributed by atoms with Crippen LogP contribution in [0.15, 0.2) is 30.3 Å². The first-order chi connectivity index (χ1) is 13.2. The molecule has 1 saturated carbocycles. The van der Waals surface area contributed by atoms with Gasteiger partial charge in [-0.15, -0.1) is 0 Å². The molecule has 0 spiro atoms. The molecular formula is C22H31N3O2.